The van der Waals surface area contributed by atoms with Crippen LogP contribution in [0.2, 0.25) is 0 Å². The maximum atomic E-state index is 12.2. The third-order valence-electron chi connectivity index (χ3n) is 3.97. The van der Waals surface area contributed by atoms with Crippen molar-refractivity contribution in [3.63, 3.8) is 0 Å². The van der Waals surface area contributed by atoms with Crippen LogP contribution in [-0.2, 0) is 9.84 Å². The van der Waals surface area contributed by atoms with E-state index in [2.05, 4.69) is 12.2 Å². The van der Waals surface area contributed by atoms with Crippen molar-refractivity contribution in [1.82, 2.24) is 5.32 Å². The number of hydrogen-bond acceptors (Lipinski definition) is 3. The SMILES string of the molecule is C[C@H]1CCCC[C@H]1NC(=O)c1ccc(S(C)(=O)=O)cc1. The molecular formula is C15H21NO3S. The van der Waals surface area contributed by atoms with Crippen molar-refractivity contribution in [2.45, 2.75) is 43.5 Å². The van der Waals surface area contributed by atoms with Gasteiger partial charge < -0.3 is 5.32 Å². The lowest BCUT2D eigenvalue weighted by Crippen LogP contribution is -2.41. The minimum atomic E-state index is -3.21. The van der Waals surface area contributed by atoms with Gasteiger partial charge in [0, 0.05) is 17.9 Å². The first-order valence-corrected chi connectivity index (χ1v) is 8.88. The first-order valence-electron chi connectivity index (χ1n) is 6.99. The van der Waals surface area contributed by atoms with Crippen LogP contribution in [0.5, 0.6) is 0 Å². The van der Waals surface area contributed by atoms with Crippen LogP contribution in [0.1, 0.15) is 43.0 Å². The van der Waals surface area contributed by atoms with Crippen LogP contribution in [0.25, 0.3) is 0 Å². The average molecular weight is 295 g/mol. The zero-order valence-electron chi connectivity index (χ0n) is 11.9. The molecule has 4 nitrogen and oxygen atoms in total. The highest BCUT2D eigenvalue weighted by molar-refractivity contribution is 7.90. The van der Waals surface area contributed by atoms with Crippen LogP contribution < -0.4 is 5.32 Å². The number of sulfone groups is 1. The molecule has 1 amide bonds. The van der Waals surface area contributed by atoms with Gasteiger partial charge in [0.25, 0.3) is 5.91 Å². The van der Waals surface area contributed by atoms with Crippen LogP contribution in [0.15, 0.2) is 29.2 Å². The summed E-state index contributed by atoms with van der Waals surface area (Å²) in [6.45, 7) is 2.16. The molecule has 1 aliphatic carbocycles. The van der Waals surface area contributed by atoms with Gasteiger partial charge in [-0.1, -0.05) is 19.8 Å². The minimum absolute atomic E-state index is 0.121. The summed E-state index contributed by atoms with van der Waals surface area (Å²) in [5, 5.41) is 3.05. The van der Waals surface area contributed by atoms with Gasteiger partial charge in [0.05, 0.1) is 4.90 Å². The molecule has 0 bridgehead atoms. The molecule has 110 valence electrons. The Balaban J connectivity index is 2.06. The average Bonchev–Trinajstić information content (AvgIpc) is 2.40. The molecule has 1 N–H and O–H groups in total. The Morgan fingerprint density at radius 3 is 2.30 bits per heavy atom. The molecule has 0 radical (unpaired) electrons. The van der Waals surface area contributed by atoms with Crippen LogP contribution in [0, 0.1) is 5.92 Å². The second kappa shape index (κ2) is 5.95. The Morgan fingerprint density at radius 2 is 1.75 bits per heavy atom. The zero-order valence-corrected chi connectivity index (χ0v) is 12.7. The zero-order chi connectivity index (χ0) is 14.8. The lowest BCUT2D eigenvalue weighted by molar-refractivity contribution is 0.0910. The molecule has 0 spiro atoms. The van der Waals surface area contributed by atoms with Crippen molar-refractivity contribution in [3.8, 4) is 0 Å². The predicted octanol–water partition coefficient (Wildman–Crippen LogP) is 2.40. The standard InChI is InChI=1S/C15H21NO3S/c1-11-5-3-4-6-14(11)16-15(17)12-7-9-13(10-8-12)20(2,18)19/h7-11,14H,3-6H2,1-2H3,(H,16,17)/t11-,14+/m0/s1. The van der Waals surface area contributed by atoms with E-state index in [9.17, 15) is 13.2 Å². The summed E-state index contributed by atoms with van der Waals surface area (Å²) in [6, 6.07) is 6.33. The molecule has 0 aliphatic heterocycles. The molecule has 0 aromatic heterocycles. The van der Waals surface area contributed by atoms with E-state index >= 15 is 0 Å². The summed E-state index contributed by atoms with van der Waals surface area (Å²) in [6.07, 6.45) is 5.72. The third kappa shape index (κ3) is 3.60. The molecule has 0 heterocycles. The fraction of sp³-hybridized carbons (Fsp3) is 0.533. The molecule has 1 saturated carbocycles. The summed E-state index contributed by atoms with van der Waals surface area (Å²) in [5.74, 6) is 0.381. The van der Waals surface area contributed by atoms with Gasteiger partial charge in [-0.15, -0.1) is 0 Å². The molecular weight excluding hydrogens is 274 g/mol. The van der Waals surface area contributed by atoms with Crippen molar-refractivity contribution in [2.75, 3.05) is 6.26 Å². The summed E-state index contributed by atoms with van der Waals surface area (Å²) in [4.78, 5) is 12.4. The number of carbonyl (C=O) groups excluding carboxylic acids is 1. The van der Waals surface area contributed by atoms with E-state index < -0.39 is 9.84 Å². The van der Waals surface area contributed by atoms with Gasteiger partial charge in [-0.25, -0.2) is 8.42 Å². The Morgan fingerprint density at radius 1 is 1.15 bits per heavy atom. The minimum Gasteiger partial charge on any atom is -0.349 e. The molecule has 2 atom stereocenters. The van der Waals surface area contributed by atoms with Crippen LogP contribution in [-0.4, -0.2) is 26.6 Å². The topological polar surface area (TPSA) is 63.2 Å². The molecule has 1 aromatic carbocycles. The van der Waals surface area contributed by atoms with Gasteiger partial charge in [0.15, 0.2) is 9.84 Å². The van der Waals surface area contributed by atoms with Gasteiger partial charge in [-0.2, -0.15) is 0 Å². The third-order valence-corrected chi connectivity index (χ3v) is 5.10. The van der Waals surface area contributed by atoms with Crippen molar-refractivity contribution in [2.24, 2.45) is 5.92 Å². The van der Waals surface area contributed by atoms with Crippen molar-refractivity contribution < 1.29 is 13.2 Å². The molecule has 0 unspecified atom stereocenters. The van der Waals surface area contributed by atoms with Crippen molar-refractivity contribution in [3.05, 3.63) is 29.8 Å². The Kier molecular flexibility index (Phi) is 4.48. The highest BCUT2D eigenvalue weighted by Crippen LogP contribution is 2.24. The van der Waals surface area contributed by atoms with Gasteiger partial charge >= 0.3 is 0 Å². The van der Waals surface area contributed by atoms with Gasteiger partial charge in [-0.3, -0.25) is 4.79 Å². The van der Waals surface area contributed by atoms with E-state index in [4.69, 9.17) is 0 Å². The van der Waals surface area contributed by atoms with Crippen molar-refractivity contribution in [1.29, 1.82) is 0 Å². The van der Waals surface area contributed by atoms with E-state index in [0.717, 1.165) is 25.5 Å². The lowest BCUT2D eigenvalue weighted by Gasteiger charge is -2.29. The normalized spacial score (nSPS) is 23.3. The van der Waals surface area contributed by atoms with Crippen molar-refractivity contribution >= 4 is 15.7 Å². The summed E-state index contributed by atoms with van der Waals surface area (Å²) < 4.78 is 22.7. The predicted molar refractivity (Wildman–Crippen MR) is 78.4 cm³/mol. The number of benzene rings is 1. The second-order valence-electron chi connectivity index (χ2n) is 5.64. The maximum absolute atomic E-state index is 12.2. The van der Waals surface area contributed by atoms with E-state index in [1.807, 2.05) is 0 Å². The molecule has 20 heavy (non-hydrogen) atoms. The number of amides is 1. The van der Waals surface area contributed by atoms with Gasteiger partial charge in [-0.05, 0) is 43.0 Å². The van der Waals surface area contributed by atoms with Crippen LogP contribution in [0.3, 0.4) is 0 Å². The van der Waals surface area contributed by atoms with E-state index in [0.29, 0.717) is 11.5 Å². The van der Waals surface area contributed by atoms with Crippen LogP contribution >= 0.6 is 0 Å². The molecule has 5 heteroatoms. The molecule has 1 aromatic rings. The van der Waals surface area contributed by atoms with E-state index in [-0.39, 0.29) is 16.8 Å². The molecule has 0 saturated heterocycles. The highest BCUT2D eigenvalue weighted by atomic mass is 32.2. The molecule has 1 aliphatic rings. The quantitative estimate of drug-likeness (QED) is 0.931. The number of carbonyl (C=O) groups is 1. The van der Waals surface area contributed by atoms with E-state index in [1.165, 1.54) is 18.6 Å². The first kappa shape index (κ1) is 15.0. The monoisotopic (exact) mass is 295 g/mol. The Bertz CT molecular complexity index is 578. The first-order chi connectivity index (χ1) is 9.38. The summed E-state index contributed by atoms with van der Waals surface area (Å²) in [7, 11) is -3.21. The lowest BCUT2D eigenvalue weighted by atomic mass is 9.86. The molecule has 2 rings (SSSR count). The van der Waals surface area contributed by atoms with E-state index in [1.54, 1.807) is 12.1 Å². The number of rotatable bonds is 3. The largest absolute Gasteiger partial charge is 0.349 e. The fourth-order valence-corrected chi connectivity index (χ4v) is 3.27. The van der Waals surface area contributed by atoms with Crippen LogP contribution in [0.4, 0.5) is 0 Å². The number of hydrogen-bond donors (Lipinski definition) is 1. The Hall–Kier alpha value is -1.36. The van der Waals surface area contributed by atoms with Gasteiger partial charge in [0.2, 0.25) is 0 Å². The van der Waals surface area contributed by atoms with Gasteiger partial charge in [0.1, 0.15) is 0 Å². The molecule has 1 fully saturated rings. The number of nitrogens with one attached hydrogen (secondary N) is 1. The highest BCUT2D eigenvalue weighted by Gasteiger charge is 2.23. The summed E-state index contributed by atoms with van der Waals surface area (Å²) >= 11 is 0. The summed E-state index contributed by atoms with van der Waals surface area (Å²) in [5.41, 5.74) is 0.509. The smallest absolute Gasteiger partial charge is 0.251 e. The fourth-order valence-electron chi connectivity index (χ4n) is 2.64. The Labute approximate surface area is 120 Å². The second-order valence-corrected chi connectivity index (χ2v) is 7.65. The maximum Gasteiger partial charge on any atom is 0.251 e.